The Labute approximate surface area is 77.7 Å². The molecule has 0 atom stereocenters. The third-order valence-electron chi connectivity index (χ3n) is 2.06. The molecule has 0 unspecified atom stereocenters. The van der Waals surface area contributed by atoms with Gasteiger partial charge in [-0.3, -0.25) is 4.79 Å². The van der Waals surface area contributed by atoms with Gasteiger partial charge in [-0.1, -0.05) is 0 Å². The first kappa shape index (κ1) is 9.83. The number of rotatable bonds is 1. The minimum absolute atomic E-state index is 0.0651. The number of amides is 3. The Hall–Kier alpha value is -1.26. The molecule has 0 aromatic heterocycles. The number of hydrogen-bond acceptors (Lipinski definition) is 2. The Bertz CT molecular complexity index is 221. The Morgan fingerprint density at radius 2 is 1.92 bits per heavy atom. The highest BCUT2D eigenvalue weighted by Gasteiger charge is 2.29. The van der Waals surface area contributed by atoms with E-state index in [4.69, 9.17) is 0 Å². The molecule has 0 radical (unpaired) electrons. The maximum absolute atomic E-state index is 11.1. The van der Waals surface area contributed by atoms with Gasteiger partial charge in [-0.05, 0) is 0 Å². The smallest absolute Gasteiger partial charge is 0.317 e. The summed E-state index contributed by atoms with van der Waals surface area (Å²) in [6, 6.07) is 0.0204. The van der Waals surface area contributed by atoms with E-state index in [1.807, 2.05) is 0 Å². The fourth-order valence-corrected chi connectivity index (χ4v) is 1.13. The normalized spacial score (nSPS) is 16.4. The monoisotopic (exact) mass is 185 g/mol. The van der Waals surface area contributed by atoms with Gasteiger partial charge in [0.05, 0.1) is 6.04 Å². The molecule has 0 bridgehead atoms. The molecule has 13 heavy (non-hydrogen) atoms. The van der Waals surface area contributed by atoms with Gasteiger partial charge in [0.15, 0.2) is 0 Å². The summed E-state index contributed by atoms with van der Waals surface area (Å²) in [6.07, 6.45) is 0. The number of nitrogens with one attached hydrogen (secondary N) is 1. The molecule has 0 spiro atoms. The van der Waals surface area contributed by atoms with E-state index in [9.17, 15) is 9.59 Å². The summed E-state index contributed by atoms with van der Waals surface area (Å²) in [6.45, 7) is 2.80. The van der Waals surface area contributed by atoms with Gasteiger partial charge in [0, 0.05) is 34.1 Å². The molecule has 1 rings (SSSR count). The molecular formula is C8H15N3O2. The standard InChI is InChI=1S/C8H15N3O2/c1-6(12)11-4-7(5-11)9-8(13)10(2)3/h7H,4-5H2,1-3H3,(H,9,13). The number of carbonyl (C=O) groups is 2. The van der Waals surface area contributed by atoms with Crippen molar-refractivity contribution < 1.29 is 9.59 Å². The summed E-state index contributed by atoms with van der Waals surface area (Å²) >= 11 is 0. The first-order valence-corrected chi connectivity index (χ1v) is 4.24. The van der Waals surface area contributed by atoms with Crippen molar-refractivity contribution in [3.05, 3.63) is 0 Å². The van der Waals surface area contributed by atoms with Gasteiger partial charge in [-0.15, -0.1) is 0 Å². The fourth-order valence-electron chi connectivity index (χ4n) is 1.13. The molecule has 74 valence electrons. The highest BCUT2D eigenvalue weighted by Crippen LogP contribution is 2.07. The van der Waals surface area contributed by atoms with E-state index in [0.29, 0.717) is 13.1 Å². The number of urea groups is 1. The van der Waals surface area contributed by atoms with Crippen molar-refractivity contribution >= 4 is 11.9 Å². The Kier molecular flexibility index (Phi) is 2.75. The minimum atomic E-state index is -0.104. The van der Waals surface area contributed by atoms with Crippen LogP contribution in [0.15, 0.2) is 0 Å². The predicted molar refractivity (Wildman–Crippen MR) is 48.3 cm³/mol. The van der Waals surface area contributed by atoms with Crippen molar-refractivity contribution in [3.63, 3.8) is 0 Å². The van der Waals surface area contributed by atoms with Crippen LogP contribution < -0.4 is 5.32 Å². The molecule has 1 aliphatic rings. The van der Waals surface area contributed by atoms with E-state index in [1.165, 1.54) is 11.8 Å². The summed E-state index contributed by atoms with van der Waals surface area (Å²) in [7, 11) is 3.38. The van der Waals surface area contributed by atoms with Crippen LogP contribution in [-0.2, 0) is 4.79 Å². The van der Waals surface area contributed by atoms with Crippen molar-refractivity contribution in [2.45, 2.75) is 13.0 Å². The van der Waals surface area contributed by atoms with Crippen LogP contribution in [-0.4, -0.2) is 55.0 Å². The van der Waals surface area contributed by atoms with E-state index in [2.05, 4.69) is 5.32 Å². The zero-order valence-electron chi connectivity index (χ0n) is 8.20. The SMILES string of the molecule is CC(=O)N1CC(NC(=O)N(C)C)C1. The highest BCUT2D eigenvalue weighted by atomic mass is 16.2. The lowest BCUT2D eigenvalue weighted by molar-refractivity contribution is -0.133. The number of likely N-dealkylation sites (tertiary alicyclic amines) is 1. The Morgan fingerprint density at radius 3 is 2.31 bits per heavy atom. The first-order chi connectivity index (χ1) is 6.00. The molecule has 1 aliphatic heterocycles. The number of nitrogens with zero attached hydrogens (tertiary/aromatic N) is 2. The van der Waals surface area contributed by atoms with E-state index in [-0.39, 0.29) is 18.0 Å². The van der Waals surface area contributed by atoms with Gasteiger partial charge in [0.2, 0.25) is 5.91 Å². The van der Waals surface area contributed by atoms with Crippen LogP contribution in [0.5, 0.6) is 0 Å². The zero-order chi connectivity index (χ0) is 10.0. The zero-order valence-corrected chi connectivity index (χ0v) is 8.20. The predicted octanol–water partition coefficient (Wildman–Crippen LogP) is -0.512. The maximum atomic E-state index is 11.1. The quantitative estimate of drug-likeness (QED) is 0.598. The molecule has 1 fully saturated rings. The van der Waals surface area contributed by atoms with Crippen molar-refractivity contribution in [2.75, 3.05) is 27.2 Å². The third-order valence-corrected chi connectivity index (χ3v) is 2.06. The minimum Gasteiger partial charge on any atom is -0.339 e. The lowest BCUT2D eigenvalue weighted by Gasteiger charge is -2.39. The van der Waals surface area contributed by atoms with E-state index in [1.54, 1.807) is 19.0 Å². The van der Waals surface area contributed by atoms with E-state index in [0.717, 1.165) is 0 Å². The Morgan fingerprint density at radius 1 is 1.38 bits per heavy atom. The lowest BCUT2D eigenvalue weighted by Crippen LogP contribution is -2.61. The van der Waals surface area contributed by atoms with Gasteiger partial charge in [0.25, 0.3) is 0 Å². The molecule has 3 amide bonds. The molecule has 0 aromatic carbocycles. The van der Waals surface area contributed by atoms with Crippen LogP contribution >= 0.6 is 0 Å². The molecule has 1 heterocycles. The maximum Gasteiger partial charge on any atom is 0.317 e. The van der Waals surface area contributed by atoms with Crippen molar-refractivity contribution in [2.24, 2.45) is 0 Å². The largest absolute Gasteiger partial charge is 0.339 e. The van der Waals surface area contributed by atoms with Crippen LogP contribution in [0.1, 0.15) is 6.92 Å². The van der Waals surface area contributed by atoms with Gasteiger partial charge < -0.3 is 15.1 Å². The summed E-state index contributed by atoms with van der Waals surface area (Å²) in [4.78, 5) is 25.1. The van der Waals surface area contributed by atoms with Gasteiger partial charge in [0.1, 0.15) is 0 Å². The molecule has 5 heteroatoms. The molecule has 0 aliphatic carbocycles. The topological polar surface area (TPSA) is 52.7 Å². The molecular weight excluding hydrogens is 170 g/mol. The van der Waals surface area contributed by atoms with Crippen molar-refractivity contribution in [3.8, 4) is 0 Å². The second kappa shape index (κ2) is 3.64. The van der Waals surface area contributed by atoms with E-state index < -0.39 is 0 Å². The van der Waals surface area contributed by atoms with Gasteiger partial charge in [-0.2, -0.15) is 0 Å². The van der Waals surface area contributed by atoms with Crippen LogP contribution in [0, 0.1) is 0 Å². The molecule has 0 saturated carbocycles. The van der Waals surface area contributed by atoms with Crippen LogP contribution in [0.25, 0.3) is 0 Å². The Balaban J connectivity index is 2.22. The van der Waals surface area contributed by atoms with E-state index >= 15 is 0 Å². The van der Waals surface area contributed by atoms with Crippen LogP contribution in [0.3, 0.4) is 0 Å². The average molecular weight is 185 g/mol. The van der Waals surface area contributed by atoms with Crippen LogP contribution in [0.4, 0.5) is 4.79 Å². The molecule has 1 N–H and O–H groups in total. The number of carbonyl (C=O) groups excluding carboxylic acids is 2. The second-order valence-electron chi connectivity index (χ2n) is 3.46. The lowest BCUT2D eigenvalue weighted by atomic mass is 10.1. The third kappa shape index (κ3) is 2.34. The highest BCUT2D eigenvalue weighted by molar-refractivity contribution is 5.76. The average Bonchev–Trinajstić information content (AvgIpc) is 1.94. The fraction of sp³-hybridized carbons (Fsp3) is 0.750. The van der Waals surface area contributed by atoms with Gasteiger partial charge >= 0.3 is 6.03 Å². The molecule has 5 nitrogen and oxygen atoms in total. The van der Waals surface area contributed by atoms with Crippen molar-refractivity contribution in [1.82, 2.24) is 15.1 Å². The van der Waals surface area contributed by atoms with Crippen LogP contribution in [0.2, 0.25) is 0 Å². The molecule has 0 aromatic rings. The summed E-state index contributed by atoms with van der Waals surface area (Å²) in [5, 5.41) is 2.79. The summed E-state index contributed by atoms with van der Waals surface area (Å²) in [5.74, 6) is 0.0651. The second-order valence-corrected chi connectivity index (χ2v) is 3.46. The first-order valence-electron chi connectivity index (χ1n) is 4.24. The van der Waals surface area contributed by atoms with Gasteiger partial charge in [-0.25, -0.2) is 4.79 Å². The van der Waals surface area contributed by atoms with Crippen molar-refractivity contribution in [1.29, 1.82) is 0 Å². The summed E-state index contributed by atoms with van der Waals surface area (Å²) < 4.78 is 0. The molecule has 1 saturated heterocycles. The number of hydrogen-bond donors (Lipinski definition) is 1. The summed E-state index contributed by atoms with van der Waals surface area (Å²) in [5.41, 5.74) is 0.